The van der Waals surface area contributed by atoms with Crippen molar-refractivity contribution in [2.24, 2.45) is 5.73 Å². The average Bonchev–Trinajstić information content (AvgIpc) is 2.68. The summed E-state index contributed by atoms with van der Waals surface area (Å²) in [5.74, 6) is 1.31. The third kappa shape index (κ3) is 7.06. The Labute approximate surface area is 174 Å². The Kier molecular flexibility index (Phi) is 10.4. The fourth-order valence-electron chi connectivity index (χ4n) is 2.80. The van der Waals surface area contributed by atoms with Crippen molar-refractivity contribution in [3.05, 3.63) is 59.7 Å². The molecule has 0 aliphatic carbocycles. The van der Waals surface area contributed by atoms with Gasteiger partial charge in [-0.25, -0.2) is 0 Å². The fraction of sp³-hybridized carbons (Fsp3) is 0.409. The molecule has 1 amide bonds. The molecular weight excluding hydrogens is 376 g/mol. The zero-order chi connectivity index (χ0) is 19.6. The van der Waals surface area contributed by atoms with Crippen LogP contribution in [0.25, 0.3) is 0 Å². The summed E-state index contributed by atoms with van der Waals surface area (Å²) in [5.41, 5.74) is 8.05. The van der Waals surface area contributed by atoms with Gasteiger partial charge in [0.05, 0.1) is 19.8 Å². The standard InChI is InChI=1S/C22H30N2O3.ClH/c1-4-5-13-27-20-12-11-18(14-21(20)26-3)16(2)24-22(25)15-19(23)17-9-7-6-8-10-17;/h6-12,14,16,19H,4-5,13,15,23H2,1-3H3,(H,24,25);1H. The Hall–Kier alpha value is -2.24. The van der Waals surface area contributed by atoms with Crippen LogP contribution in [-0.4, -0.2) is 19.6 Å². The van der Waals surface area contributed by atoms with Crippen molar-refractivity contribution in [3.8, 4) is 11.5 Å². The van der Waals surface area contributed by atoms with E-state index in [-0.39, 0.29) is 36.8 Å². The summed E-state index contributed by atoms with van der Waals surface area (Å²) in [6, 6.07) is 14.9. The molecule has 2 unspecified atom stereocenters. The Morgan fingerprint density at radius 1 is 1.11 bits per heavy atom. The van der Waals surface area contributed by atoms with Crippen molar-refractivity contribution >= 4 is 18.3 Å². The largest absolute Gasteiger partial charge is 0.493 e. The molecule has 0 spiro atoms. The van der Waals surface area contributed by atoms with Crippen LogP contribution in [0.3, 0.4) is 0 Å². The predicted octanol–water partition coefficient (Wildman–Crippen LogP) is 4.56. The molecule has 0 saturated carbocycles. The number of carbonyl (C=O) groups excluding carboxylic acids is 1. The van der Waals surface area contributed by atoms with Crippen LogP contribution in [-0.2, 0) is 4.79 Å². The molecule has 28 heavy (non-hydrogen) atoms. The zero-order valence-electron chi connectivity index (χ0n) is 16.8. The summed E-state index contributed by atoms with van der Waals surface area (Å²) in [6.07, 6.45) is 2.32. The number of halogens is 1. The second kappa shape index (κ2) is 12.3. The number of hydrogen-bond donors (Lipinski definition) is 2. The number of unbranched alkanes of at least 4 members (excludes halogenated alkanes) is 1. The second-order valence-electron chi connectivity index (χ2n) is 6.62. The molecule has 0 aromatic heterocycles. The molecule has 0 fully saturated rings. The smallest absolute Gasteiger partial charge is 0.222 e. The number of nitrogens with one attached hydrogen (secondary N) is 1. The van der Waals surface area contributed by atoms with E-state index in [2.05, 4.69) is 12.2 Å². The van der Waals surface area contributed by atoms with Crippen LogP contribution in [0.4, 0.5) is 0 Å². The van der Waals surface area contributed by atoms with Crippen LogP contribution in [0.15, 0.2) is 48.5 Å². The molecule has 154 valence electrons. The first-order valence-electron chi connectivity index (χ1n) is 9.45. The summed E-state index contributed by atoms with van der Waals surface area (Å²) in [7, 11) is 1.62. The lowest BCUT2D eigenvalue weighted by Crippen LogP contribution is -2.29. The number of hydrogen-bond acceptors (Lipinski definition) is 4. The lowest BCUT2D eigenvalue weighted by atomic mass is 10.0. The van der Waals surface area contributed by atoms with Gasteiger partial charge in [-0.3, -0.25) is 4.79 Å². The molecule has 0 bridgehead atoms. The Bertz CT molecular complexity index is 725. The van der Waals surface area contributed by atoms with Gasteiger partial charge in [0, 0.05) is 12.5 Å². The highest BCUT2D eigenvalue weighted by atomic mass is 35.5. The number of amides is 1. The molecule has 2 atom stereocenters. The van der Waals surface area contributed by atoms with E-state index in [0.717, 1.165) is 29.7 Å². The van der Waals surface area contributed by atoms with Gasteiger partial charge < -0.3 is 20.5 Å². The van der Waals surface area contributed by atoms with Crippen LogP contribution in [0.1, 0.15) is 56.3 Å². The SMILES string of the molecule is CCCCOc1ccc(C(C)NC(=O)CC(N)c2ccccc2)cc1OC.Cl. The molecule has 6 heteroatoms. The van der Waals surface area contributed by atoms with Crippen molar-refractivity contribution in [1.82, 2.24) is 5.32 Å². The number of benzene rings is 2. The first-order valence-corrected chi connectivity index (χ1v) is 9.45. The van der Waals surface area contributed by atoms with E-state index in [0.29, 0.717) is 12.4 Å². The quantitative estimate of drug-likeness (QED) is 0.567. The molecule has 0 saturated heterocycles. The summed E-state index contributed by atoms with van der Waals surface area (Å²) in [6.45, 7) is 4.73. The van der Waals surface area contributed by atoms with E-state index < -0.39 is 0 Å². The minimum absolute atomic E-state index is 0. The molecule has 2 rings (SSSR count). The third-order valence-electron chi connectivity index (χ3n) is 4.45. The summed E-state index contributed by atoms with van der Waals surface area (Å²) < 4.78 is 11.2. The van der Waals surface area contributed by atoms with Crippen LogP contribution in [0.5, 0.6) is 11.5 Å². The van der Waals surface area contributed by atoms with Gasteiger partial charge in [-0.1, -0.05) is 49.7 Å². The summed E-state index contributed by atoms with van der Waals surface area (Å²) >= 11 is 0. The van der Waals surface area contributed by atoms with Gasteiger partial charge in [-0.05, 0) is 36.6 Å². The minimum Gasteiger partial charge on any atom is -0.493 e. The van der Waals surface area contributed by atoms with Crippen molar-refractivity contribution in [3.63, 3.8) is 0 Å². The molecule has 5 nitrogen and oxygen atoms in total. The number of rotatable bonds is 10. The van der Waals surface area contributed by atoms with E-state index in [4.69, 9.17) is 15.2 Å². The van der Waals surface area contributed by atoms with Gasteiger partial charge in [0.2, 0.25) is 5.91 Å². The minimum atomic E-state index is -0.317. The maximum Gasteiger partial charge on any atom is 0.222 e. The normalized spacial score (nSPS) is 12.4. The van der Waals surface area contributed by atoms with Gasteiger partial charge >= 0.3 is 0 Å². The molecule has 2 aromatic rings. The topological polar surface area (TPSA) is 73.6 Å². The summed E-state index contributed by atoms with van der Waals surface area (Å²) in [4.78, 5) is 12.4. The van der Waals surface area contributed by atoms with E-state index >= 15 is 0 Å². The highest BCUT2D eigenvalue weighted by Gasteiger charge is 2.16. The molecule has 0 radical (unpaired) electrons. The third-order valence-corrected chi connectivity index (χ3v) is 4.45. The van der Waals surface area contributed by atoms with Gasteiger partial charge in [0.15, 0.2) is 11.5 Å². The first kappa shape index (κ1) is 23.8. The molecule has 0 aliphatic rings. The first-order chi connectivity index (χ1) is 13.0. The van der Waals surface area contributed by atoms with E-state index in [1.807, 2.05) is 55.5 Å². The van der Waals surface area contributed by atoms with Crippen molar-refractivity contribution in [2.75, 3.05) is 13.7 Å². The molecule has 2 aromatic carbocycles. The molecule has 0 aliphatic heterocycles. The van der Waals surface area contributed by atoms with Crippen LogP contribution in [0, 0.1) is 0 Å². The van der Waals surface area contributed by atoms with Gasteiger partial charge in [0.25, 0.3) is 0 Å². The number of carbonyl (C=O) groups is 1. The van der Waals surface area contributed by atoms with Crippen LogP contribution in [0.2, 0.25) is 0 Å². The van der Waals surface area contributed by atoms with Gasteiger partial charge in [-0.2, -0.15) is 0 Å². The Balaban J connectivity index is 0.00000392. The number of ether oxygens (including phenoxy) is 2. The monoisotopic (exact) mass is 406 g/mol. The van der Waals surface area contributed by atoms with Crippen molar-refractivity contribution in [1.29, 1.82) is 0 Å². The van der Waals surface area contributed by atoms with Crippen molar-refractivity contribution in [2.45, 2.75) is 45.2 Å². The fourth-order valence-corrected chi connectivity index (χ4v) is 2.80. The lowest BCUT2D eigenvalue weighted by molar-refractivity contribution is -0.122. The van der Waals surface area contributed by atoms with E-state index in [1.165, 1.54) is 0 Å². The van der Waals surface area contributed by atoms with Gasteiger partial charge in [-0.15, -0.1) is 12.4 Å². The van der Waals surface area contributed by atoms with Crippen LogP contribution >= 0.6 is 12.4 Å². The summed E-state index contributed by atoms with van der Waals surface area (Å²) in [5, 5.41) is 3.00. The van der Waals surface area contributed by atoms with Crippen molar-refractivity contribution < 1.29 is 14.3 Å². The highest BCUT2D eigenvalue weighted by molar-refractivity contribution is 5.85. The maximum atomic E-state index is 12.4. The number of methoxy groups -OCH3 is 1. The molecule has 0 heterocycles. The lowest BCUT2D eigenvalue weighted by Gasteiger charge is -2.18. The van der Waals surface area contributed by atoms with E-state index in [1.54, 1.807) is 7.11 Å². The Morgan fingerprint density at radius 3 is 2.46 bits per heavy atom. The highest BCUT2D eigenvalue weighted by Crippen LogP contribution is 2.30. The average molecular weight is 407 g/mol. The molecule has 3 N–H and O–H groups in total. The predicted molar refractivity (Wildman–Crippen MR) is 115 cm³/mol. The van der Waals surface area contributed by atoms with E-state index in [9.17, 15) is 4.79 Å². The molecular formula is C22H31ClN2O3. The van der Waals surface area contributed by atoms with Gasteiger partial charge in [0.1, 0.15) is 0 Å². The maximum absolute atomic E-state index is 12.4. The second-order valence-corrected chi connectivity index (χ2v) is 6.62. The zero-order valence-corrected chi connectivity index (χ0v) is 17.6. The number of nitrogens with two attached hydrogens (primary N) is 1. The van der Waals surface area contributed by atoms with Crippen LogP contribution < -0.4 is 20.5 Å². The Morgan fingerprint density at radius 2 is 1.82 bits per heavy atom.